The smallest absolute Gasteiger partial charge is 0.225 e. The SMILES string of the molecule is C[C@]1(COc2cccnc2)C[C@@H]2CN(C(=O)C3CCCC3)CC[C@@H]2O1. The van der Waals surface area contributed by atoms with E-state index in [1.54, 1.807) is 12.4 Å². The van der Waals surface area contributed by atoms with Crippen LogP contribution in [0.25, 0.3) is 0 Å². The fraction of sp³-hybridized carbons (Fsp3) is 0.700. The van der Waals surface area contributed by atoms with Gasteiger partial charge in [0.05, 0.1) is 12.3 Å². The lowest BCUT2D eigenvalue weighted by Crippen LogP contribution is -2.46. The van der Waals surface area contributed by atoms with Crippen molar-refractivity contribution >= 4 is 5.91 Å². The highest BCUT2D eigenvalue weighted by Crippen LogP contribution is 2.40. The Kier molecular flexibility index (Phi) is 4.67. The largest absolute Gasteiger partial charge is 0.489 e. The van der Waals surface area contributed by atoms with Gasteiger partial charge in [-0.3, -0.25) is 9.78 Å². The van der Waals surface area contributed by atoms with Gasteiger partial charge < -0.3 is 14.4 Å². The number of carbonyl (C=O) groups is 1. The molecule has 1 aliphatic carbocycles. The summed E-state index contributed by atoms with van der Waals surface area (Å²) in [7, 11) is 0. The molecule has 1 amide bonds. The van der Waals surface area contributed by atoms with Gasteiger partial charge in [0.2, 0.25) is 5.91 Å². The molecule has 136 valence electrons. The fourth-order valence-corrected chi connectivity index (χ4v) is 4.72. The Morgan fingerprint density at radius 2 is 2.24 bits per heavy atom. The van der Waals surface area contributed by atoms with Crippen molar-refractivity contribution in [1.82, 2.24) is 9.88 Å². The van der Waals surface area contributed by atoms with Crippen LogP contribution in [0.4, 0.5) is 0 Å². The van der Waals surface area contributed by atoms with Gasteiger partial charge in [-0.25, -0.2) is 0 Å². The minimum Gasteiger partial charge on any atom is -0.489 e. The Morgan fingerprint density at radius 3 is 3.00 bits per heavy atom. The van der Waals surface area contributed by atoms with Crippen LogP contribution in [-0.4, -0.2) is 47.2 Å². The standard InChI is InChI=1S/C20H28N2O3/c1-20(14-24-17-7-4-9-21-12-17)11-16-13-22(10-8-18(16)25-20)19(23)15-5-2-3-6-15/h4,7,9,12,15-16,18H,2-3,5-6,8,10-11,13-14H2,1H3/t16-,18+,20-/m1/s1. The lowest BCUT2D eigenvalue weighted by atomic mass is 9.88. The summed E-state index contributed by atoms with van der Waals surface area (Å²) in [6, 6.07) is 3.79. The molecule has 3 atom stereocenters. The zero-order chi connectivity index (χ0) is 17.3. The number of piperidine rings is 1. The molecule has 2 saturated heterocycles. The van der Waals surface area contributed by atoms with E-state index in [4.69, 9.17) is 9.47 Å². The van der Waals surface area contributed by atoms with Crippen molar-refractivity contribution in [3.05, 3.63) is 24.5 Å². The number of aromatic nitrogens is 1. The van der Waals surface area contributed by atoms with Crippen LogP contribution in [-0.2, 0) is 9.53 Å². The maximum absolute atomic E-state index is 12.7. The minimum absolute atomic E-state index is 0.259. The van der Waals surface area contributed by atoms with Gasteiger partial charge in [-0.2, -0.15) is 0 Å². The van der Waals surface area contributed by atoms with E-state index in [1.165, 1.54) is 12.8 Å². The Hall–Kier alpha value is -1.62. The van der Waals surface area contributed by atoms with Crippen LogP contribution in [0.1, 0.15) is 45.4 Å². The van der Waals surface area contributed by atoms with Gasteiger partial charge in [-0.15, -0.1) is 0 Å². The molecule has 1 aromatic rings. The molecule has 3 fully saturated rings. The number of pyridine rings is 1. The molecule has 0 radical (unpaired) electrons. The molecule has 25 heavy (non-hydrogen) atoms. The van der Waals surface area contributed by atoms with Crippen LogP contribution in [0.5, 0.6) is 5.75 Å². The summed E-state index contributed by atoms with van der Waals surface area (Å²) in [5, 5.41) is 0. The normalized spacial score (nSPS) is 32.6. The second-order valence-corrected chi connectivity index (χ2v) is 8.10. The third kappa shape index (κ3) is 3.66. The van der Waals surface area contributed by atoms with Crippen molar-refractivity contribution < 1.29 is 14.3 Å². The Balaban J connectivity index is 1.33. The molecule has 1 aromatic heterocycles. The average molecular weight is 344 g/mol. The summed E-state index contributed by atoms with van der Waals surface area (Å²) < 4.78 is 12.2. The highest BCUT2D eigenvalue weighted by atomic mass is 16.6. The third-order valence-corrected chi connectivity index (χ3v) is 5.99. The zero-order valence-electron chi connectivity index (χ0n) is 15.0. The van der Waals surface area contributed by atoms with Crippen LogP contribution >= 0.6 is 0 Å². The predicted molar refractivity (Wildman–Crippen MR) is 94.3 cm³/mol. The number of ether oxygens (including phenoxy) is 2. The van der Waals surface area contributed by atoms with Crippen molar-refractivity contribution in [2.75, 3.05) is 19.7 Å². The number of fused-ring (bicyclic) bond motifs is 1. The highest BCUT2D eigenvalue weighted by molar-refractivity contribution is 5.79. The monoisotopic (exact) mass is 344 g/mol. The van der Waals surface area contributed by atoms with Crippen LogP contribution in [0.2, 0.25) is 0 Å². The predicted octanol–water partition coefficient (Wildman–Crippen LogP) is 3.05. The van der Waals surface area contributed by atoms with Crippen molar-refractivity contribution in [2.24, 2.45) is 11.8 Å². The Morgan fingerprint density at radius 1 is 1.40 bits per heavy atom. The van der Waals surface area contributed by atoms with Crippen LogP contribution in [0.15, 0.2) is 24.5 Å². The average Bonchev–Trinajstić information content (AvgIpc) is 3.27. The van der Waals surface area contributed by atoms with Gasteiger partial charge in [0, 0.05) is 31.1 Å². The number of likely N-dealkylation sites (tertiary alicyclic amines) is 1. The van der Waals surface area contributed by atoms with Crippen molar-refractivity contribution in [3.63, 3.8) is 0 Å². The first-order valence-electron chi connectivity index (χ1n) is 9.62. The summed E-state index contributed by atoms with van der Waals surface area (Å²) in [5.74, 6) is 1.87. The molecule has 1 saturated carbocycles. The van der Waals surface area contributed by atoms with Gasteiger partial charge in [-0.05, 0) is 44.7 Å². The molecule has 0 bridgehead atoms. The Bertz CT molecular complexity index is 602. The van der Waals surface area contributed by atoms with E-state index in [2.05, 4.69) is 16.8 Å². The second kappa shape index (κ2) is 6.94. The zero-order valence-corrected chi connectivity index (χ0v) is 15.0. The molecule has 0 spiro atoms. The summed E-state index contributed by atoms with van der Waals surface area (Å²) in [6.45, 7) is 4.35. The lowest BCUT2D eigenvalue weighted by Gasteiger charge is -2.35. The van der Waals surface area contributed by atoms with Gasteiger partial charge in [-0.1, -0.05) is 12.8 Å². The lowest BCUT2D eigenvalue weighted by molar-refractivity contribution is -0.139. The van der Waals surface area contributed by atoms with E-state index in [0.717, 1.165) is 44.5 Å². The molecule has 5 nitrogen and oxygen atoms in total. The van der Waals surface area contributed by atoms with Crippen LogP contribution in [0, 0.1) is 11.8 Å². The number of carbonyl (C=O) groups excluding carboxylic acids is 1. The van der Waals surface area contributed by atoms with Crippen molar-refractivity contribution in [3.8, 4) is 5.75 Å². The number of amides is 1. The molecule has 2 aliphatic heterocycles. The first-order chi connectivity index (χ1) is 12.1. The second-order valence-electron chi connectivity index (χ2n) is 8.10. The molecule has 0 unspecified atom stereocenters. The topological polar surface area (TPSA) is 51.7 Å². The van der Waals surface area contributed by atoms with Crippen molar-refractivity contribution in [1.29, 1.82) is 0 Å². The van der Waals surface area contributed by atoms with Gasteiger partial charge in [0.1, 0.15) is 18.0 Å². The fourth-order valence-electron chi connectivity index (χ4n) is 4.72. The third-order valence-electron chi connectivity index (χ3n) is 5.99. The minimum atomic E-state index is -0.280. The molecule has 0 aromatic carbocycles. The van der Waals surface area contributed by atoms with Crippen molar-refractivity contribution in [2.45, 2.75) is 57.2 Å². The van der Waals surface area contributed by atoms with E-state index in [1.807, 2.05) is 12.1 Å². The van der Waals surface area contributed by atoms with Gasteiger partial charge in [0.15, 0.2) is 0 Å². The molecule has 5 heteroatoms. The van der Waals surface area contributed by atoms with E-state index < -0.39 is 0 Å². The van der Waals surface area contributed by atoms with E-state index >= 15 is 0 Å². The number of rotatable bonds is 4. The number of nitrogens with zero attached hydrogens (tertiary/aromatic N) is 2. The summed E-state index contributed by atoms with van der Waals surface area (Å²) in [4.78, 5) is 18.9. The van der Waals surface area contributed by atoms with Gasteiger partial charge >= 0.3 is 0 Å². The number of hydrogen-bond acceptors (Lipinski definition) is 4. The van der Waals surface area contributed by atoms with Crippen LogP contribution < -0.4 is 4.74 Å². The number of hydrogen-bond donors (Lipinski definition) is 0. The Labute approximate surface area is 149 Å². The van der Waals surface area contributed by atoms with E-state index in [-0.39, 0.29) is 17.6 Å². The maximum atomic E-state index is 12.7. The maximum Gasteiger partial charge on any atom is 0.225 e. The van der Waals surface area contributed by atoms with Gasteiger partial charge in [0.25, 0.3) is 0 Å². The quantitative estimate of drug-likeness (QED) is 0.842. The molecular weight excluding hydrogens is 316 g/mol. The van der Waals surface area contributed by atoms with E-state index in [0.29, 0.717) is 18.4 Å². The molecule has 0 N–H and O–H groups in total. The first kappa shape index (κ1) is 16.8. The van der Waals surface area contributed by atoms with Crippen LogP contribution in [0.3, 0.4) is 0 Å². The molecule has 3 heterocycles. The summed E-state index contributed by atoms with van der Waals surface area (Å²) in [5.41, 5.74) is -0.280. The molecular formula is C20H28N2O3. The first-order valence-corrected chi connectivity index (χ1v) is 9.62. The summed E-state index contributed by atoms with van der Waals surface area (Å²) in [6.07, 6.45) is 10.2. The van der Waals surface area contributed by atoms with E-state index in [9.17, 15) is 4.79 Å². The molecule has 3 aliphatic rings. The highest BCUT2D eigenvalue weighted by Gasteiger charge is 2.47. The summed E-state index contributed by atoms with van der Waals surface area (Å²) >= 11 is 0. The molecule has 4 rings (SSSR count).